The predicted molar refractivity (Wildman–Crippen MR) is 88.3 cm³/mol. The van der Waals surface area contributed by atoms with Crippen molar-refractivity contribution in [3.8, 4) is 0 Å². The van der Waals surface area contributed by atoms with Crippen LogP contribution in [0.2, 0.25) is 0 Å². The van der Waals surface area contributed by atoms with Crippen molar-refractivity contribution >= 4 is 10.9 Å². The molecule has 3 nitrogen and oxygen atoms in total. The van der Waals surface area contributed by atoms with Crippen molar-refractivity contribution in [1.82, 2.24) is 14.8 Å². The summed E-state index contributed by atoms with van der Waals surface area (Å²) in [4.78, 5) is 9.40. The van der Waals surface area contributed by atoms with E-state index in [4.69, 9.17) is 0 Å². The number of hydrogen-bond acceptors (Lipinski definition) is 3. The van der Waals surface area contributed by atoms with E-state index in [-0.39, 0.29) is 0 Å². The van der Waals surface area contributed by atoms with Crippen molar-refractivity contribution in [3.05, 3.63) is 54.2 Å². The first-order valence-electron chi connectivity index (χ1n) is 7.63. The molecule has 1 aromatic carbocycles. The standard InChI is InChI=1S/C18H23N3/c1-15(2)13-20-8-10-21(11-9-20)14-16-5-6-18-17(12-16)4-3-7-19-18/h3-7,12H,1,8-11,13-14H2,2H3. The van der Waals surface area contributed by atoms with Crippen LogP contribution in [0.3, 0.4) is 0 Å². The van der Waals surface area contributed by atoms with Gasteiger partial charge >= 0.3 is 0 Å². The summed E-state index contributed by atoms with van der Waals surface area (Å²) in [5.41, 5.74) is 3.71. The maximum absolute atomic E-state index is 4.38. The van der Waals surface area contributed by atoms with Crippen LogP contribution in [0.4, 0.5) is 0 Å². The Morgan fingerprint density at radius 2 is 1.90 bits per heavy atom. The van der Waals surface area contributed by atoms with E-state index in [1.54, 1.807) is 0 Å². The van der Waals surface area contributed by atoms with Gasteiger partial charge in [0.25, 0.3) is 0 Å². The fourth-order valence-corrected chi connectivity index (χ4v) is 2.97. The third-order valence-corrected chi connectivity index (χ3v) is 4.03. The van der Waals surface area contributed by atoms with Gasteiger partial charge in [-0.2, -0.15) is 0 Å². The molecule has 1 aliphatic rings. The number of aromatic nitrogens is 1. The minimum absolute atomic E-state index is 1.03. The summed E-state index contributed by atoms with van der Waals surface area (Å²) in [6, 6.07) is 10.7. The molecule has 0 atom stereocenters. The van der Waals surface area contributed by atoms with E-state index in [0.29, 0.717) is 0 Å². The molecule has 2 heterocycles. The largest absolute Gasteiger partial charge is 0.297 e. The molecule has 110 valence electrons. The van der Waals surface area contributed by atoms with Crippen molar-refractivity contribution < 1.29 is 0 Å². The minimum Gasteiger partial charge on any atom is -0.297 e. The van der Waals surface area contributed by atoms with Crippen LogP contribution in [0, 0.1) is 0 Å². The fourth-order valence-electron chi connectivity index (χ4n) is 2.97. The number of piperazine rings is 1. The molecule has 0 N–H and O–H groups in total. The molecule has 21 heavy (non-hydrogen) atoms. The van der Waals surface area contributed by atoms with Gasteiger partial charge in [-0.05, 0) is 30.7 Å². The van der Waals surface area contributed by atoms with Gasteiger partial charge in [0.2, 0.25) is 0 Å². The Morgan fingerprint density at radius 1 is 1.14 bits per heavy atom. The molecule has 0 radical (unpaired) electrons. The second-order valence-corrected chi connectivity index (χ2v) is 6.04. The first-order chi connectivity index (χ1) is 10.2. The van der Waals surface area contributed by atoms with Gasteiger partial charge in [-0.3, -0.25) is 14.8 Å². The number of fused-ring (bicyclic) bond motifs is 1. The van der Waals surface area contributed by atoms with Crippen LogP contribution in [0.25, 0.3) is 10.9 Å². The smallest absolute Gasteiger partial charge is 0.0702 e. The molecule has 3 heteroatoms. The van der Waals surface area contributed by atoms with E-state index >= 15 is 0 Å². The molecule has 1 aromatic heterocycles. The lowest BCUT2D eigenvalue weighted by Crippen LogP contribution is -2.46. The van der Waals surface area contributed by atoms with Crippen LogP contribution < -0.4 is 0 Å². The van der Waals surface area contributed by atoms with E-state index in [1.165, 1.54) is 16.5 Å². The zero-order chi connectivity index (χ0) is 14.7. The summed E-state index contributed by atoms with van der Waals surface area (Å²) in [7, 11) is 0. The van der Waals surface area contributed by atoms with Gasteiger partial charge < -0.3 is 0 Å². The number of rotatable bonds is 4. The zero-order valence-electron chi connectivity index (χ0n) is 12.8. The second-order valence-electron chi connectivity index (χ2n) is 6.04. The first-order valence-corrected chi connectivity index (χ1v) is 7.63. The quantitative estimate of drug-likeness (QED) is 0.803. The van der Waals surface area contributed by atoms with Crippen LogP contribution in [0.15, 0.2) is 48.7 Å². The lowest BCUT2D eigenvalue weighted by molar-refractivity contribution is 0.135. The average molecular weight is 281 g/mol. The van der Waals surface area contributed by atoms with Gasteiger partial charge in [0.15, 0.2) is 0 Å². The number of pyridine rings is 1. The second kappa shape index (κ2) is 6.37. The SMILES string of the molecule is C=C(C)CN1CCN(Cc2ccc3ncccc3c2)CC1. The van der Waals surface area contributed by atoms with Crippen molar-refractivity contribution in [2.45, 2.75) is 13.5 Å². The highest BCUT2D eigenvalue weighted by Crippen LogP contribution is 2.16. The highest BCUT2D eigenvalue weighted by Gasteiger charge is 2.16. The minimum atomic E-state index is 1.03. The lowest BCUT2D eigenvalue weighted by atomic mass is 10.1. The number of nitrogens with zero attached hydrogens (tertiary/aromatic N) is 3. The normalized spacial score (nSPS) is 17.2. The molecule has 3 rings (SSSR count). The Labute approximate surface area is 126 Å². The van der Waals surface area contributed by atoms with Crippen LogP contribution in [0.1, 0.15) is 12.5 Å². The van der Waals surface area contributed by atoms with E-state index in [0.717, 1.165) is 44.8 Å². The summed E-state index contributed by atoms with van der Waals surface area (Å²) >= 11 is 0. The van der Waals surface area contributed by atoms with E-state index in [1.807, 2.05) is 12.3 Å². The molecule has 0 aliphatic carbocycles. The maximum Gasteiger partial charge on any atom is 0.0702 e. The average Bonchev–Trinajstić information content (AvgIpc) is 2.49. The van der Waals surface area contributed by atoms with Gasteiger partial charge in [0.05, 0.1) is 5.52 Å². The summed E-state index contributed by atoms with van der Waals surface area (Å²) < 4.78 is 0. The molecule has 1 aliphatic heterocycles. The van der Waals surface area contributed by atoms with Gasteiger partial charge in [-0.1, -0.05) is 24.3 Å². The summed E-state index contributed by atoms with van der Waals surface area (Å²) in [6.07, 6.45) is 1.85. The first kappa shape index (κ1) is 14.2. The Kier molecular flexibility index (Phi) is 4.32. The third-order valence-electron chi connectivity index (χ3n) is 4.03. The van der Waals surface area contributed by atoms with Gasteiger partial charge in [0, 0.05) is 50.9 Å². The van der Waals surface area contributed by atoms with Crippen LogP contribution in [-0.4, -0.2) is 47.5 Å². The topological polar surface area (TPSA) is 19.4 Å². The highest BCUT2D eigenvalue weighted by molar-refractivity contribution is 5.78. The Morgan fingerprint density at radius 3 is 2.67 bits per heavy atom. The maximum atomic E-state index is 4.38. The Hall–Kier alpha value is -1.71. The molecule has 2 aromatic rings. The van der Waals surface area contributed by atoms with Crippen molar-refractivity contribution in [2.75, 3.05) is 32.7 Å². The predicted octanol–water partition coefficient (Wildman–Crippen LogP) is 2.93. The molecule has 1 saturated heterocycles. The van der Waals surface area contributed by atoms with E-state index < -0.39 is 0 Å². The number of benzene rings is 1. The van der Waals surface area contributed by atoms with Crippen molar-refractivity contribution in [2.24, 2.45) is 0 Å². The summed E-state index contributed by atoms with van der Waals surface area (Å²) in [5, 5.41) is 1.23. The Balaban J connectivity index is 1.60. The van der Waals surface area contributed by atoms with Crippen molar-refractivity contribution in [1.29, 1.82) is 0 Å². The van der Waals surface area contributed by atoms with E-state index in [9.17, 15) is 0 Å². The molecule has 0 bridgehead atoms. The highest BCUT2D eigenvalue weighted by atomic mass is 15.3. The zero-order valence-corrected chi connectivity index (χ0v) is 12.8. The summed E-state index contributed by atoms with van der Waals surface area (Å²) in [5.74, 6) is 0. The third kappa shape index (κ3) is 3.69. The van der Waals surface area contributed by atoms with Gasteiger partial charge in [-0.15, -0.1) is 0 Å². The molecule has 0 amide bonds. The van der Waals surface area contributed by atoms with Crippen LogP contribution in [-0.2, 0) is 6.54 Å². The van der Waals surface area contributed by atoms with Crippen LogP contribution >= 0.6 is 0 Å². The molecule has 0 unspecified atom stereocenters. The molecular formula is C18H23N3. The lowest BCUT2D eigenvalue weighted by Gasteiger charge is -2.34. The molecule has 0 spiro atoms. The van der Waals surface area contributed by atoms with E-state index in [2.05, 4.69) is 52.6 Å². The summed E-state index contributed by atoms with van der Waals surface area (Å²) in [6.45, 7) is 12.7. The van der Waals surface area contributed by atoms with Gasteiger partial charge in [0.1, 0.15) is 0 Å². The van der Waals surface area contributed by atoms with Crippen molar-refractivity contribution in [3.63, 3.8) is 0 Å². The number of hydrogen-bond donors (Lipinski definition) is 0. The Bertz CT molecular complexity index is 627. The van der Waals surface area contributed by atoms with Gasteiger partial charge in [-0.25, -0.2) is 0 Å². The molecular weight excluding hydrogens is 258 g/mol. The molecule has 0 saturated carbocycles. The monoisotopic (exact) mass is 281 g/mol. The van der Waals surface area contributed by atoms with Crippen LogP contribution in [0.5, 0.6) is 0 Å². The molecule has 1 fully saturated rings. The fraction of sp³-hybridized carbons (Fsp3) is 0.389.